The van der Waals surface area contributed by atoms with Gasteiger partial charge in [-0.1, -0.05) is 30.3 Å². The summed E-state index contributed by atoms with van der Waals surface area (Å²) in [4.78, 5) is 21.4. The second kappa shape index (κ2) is 7.76. The molecule has 0 spiro atoms. The zero-order valence-corrected chi connectivity index (χ0v) is 16.5. The molecule has 0 amide bonds. The molecule has 2 aromatic heterocycles. The van der Waals surface area contributed by atoms with Gasteiger partial charge in [-0.3, -0.25) is 0 Å². The van der Waals surface area contributed by atoms with Gasteiger partial charge in [-0.2, -0.15) is 0 Å². The van der Waals surface area contributed by atoms with Crippen LogP contribution in [0, 0.1) is 0 Å². The fraction of sp³-hybridized carbons (Fsp3) is 0.0952. The van der Waals surface area contributed by atoms with Gasteiger partial charge in [-0.05, 0) is 5.56 Å². The average Bonchev–Trinajstić information content (AvgIpc) is 3.19. The summed E-state index contributed by atoms with van der Waals surface area (Å²) in [7, 11) is 2.96. The highest BCUT2D eigenvalue weighted by Gasteiger charge is 2.19. The van der Waals surface area contributed by atoms with Crippen LogP contribution in [-0.4, -0.2) is 35.3 Å². The van der Waals surface area contributed by atoms with Crippen LogP contribution < -0.4 is 14.8 Å². The van der Waals surface area contributed by atoms with Crippen LogP contribution in [0.15, 0.2) is 54.2 Å². The van der Waals surface area contributed by atoms with Crippen molar-refractivity contribution in [1.82, 2.24) is 9.97 Å². The third-order valence-electron chi connectivity index (χ3n) is 4.46. The fourth-order valence-corrected chi connectivity index (χ4v) is 4.00. The highest BCUT2D eigenvalue weighted by molar-refractivity contribution is 7.17. The van der Waals surface area contributed by atoms with Crippen molar-refractivity contribution < 1.29 is 19.4 Å². The number of anilines is 2. The summed E-state index contributed by atoms with van der Waals surface area (Å²) < 4.78 is 10.6. The predicted molar refractivity (Wildman–Crippen MR) is 113 cm³/mol. The van der Waals surface area contributed by atoms with E-state index >= 15 is 0 Å². The number of nitrogens with zero attached hydrogens (tertiary/aromatic N) is 2. The topological polar surface area (TPSA) is 93.6 Å². The second-order valence-corrected chi connectivity index (χ2v) is 6.96. The van der Waals surface area contributed by atoms with E-state index in [9.17, 15) is 9.90 Å². The minimum Gasteiger partial charge on any atom is -0.493 e. The zero-order chi connectivity index (χ0) is 20.4. The SMILES string of the molecule is COc1cc(Nc2ncnc3scc(-c4ccccc4)c23)c(C(=O)O)cc1OC. The number of aromatic nitrogens is 2. The Labute approximate surface area is 170 Å². The first-order valence-corrected chi connectivity index (χ1v) is 9.54. The molecule has 2 N–H and O–H groups in total. The molecule has 29 heavy (non-hydrogen) atoms. The second-order valence-electron chi connectivity index (χ2n) is 6.10. The van der Waals surface area contributed by atoms with Gasteiger partial charge >= 0.3 is 5.97 Å². The number of carboxylic acids is 1. The molecule has 0 fully saturated rings. The van der Waals surface area contributed by atoms with Crippen LogP contribution in [-0.2, 0) is 0 Å². The van der Waals surface area contributed by atoms with Gasteiger partial charge in [0.25, 0.3) is 0 Å². The van der Waals surface area contributed by atoms with Gasteiger partial charge in [-0.25, -0.2) is 14.8 Å². The number of thiophene rings is 1. The monoisotopic (exact) mass is 407 g/mol. The highest BCUT2D eigenvalue weighted by atomic mass is 32.1. The number of hydrogen-bond acceptors (Lipinski definition) is 7. The van der Waals surface area contributed by atoms with Crippen LogP contribution in [0.25, 0.3) is 21.3 Å². The van der Waals surface area contributed by atoms with Crippen LogP contribution in [0.4, 0.5) is 11.5 Å². The molecule has 0 bridgehead atoms. The van der Waals surface area contributed by atoms with Crippen molar-refractivity contribution in [2.75, 3.05) is 19.5 Å². The lowest BCUT2D eigenvalue weighted by Gasteiger charge is -2.15. The van der Waals surface area contributed by atoms with Crippen LogP contribution in [0.1, 0.15) is 10.4 Å². The lowest BCUT2D eigenvalue weighted by Crippen LogP contribution is -2.06. The van der Waals surface area contributed by atoms with Crippen molar-refractivity contribution in [3.05, 3.63) is 59.7 Å². The number of fused-ring (bicyclic) bond motifs is 1. The molecular weight excluding hydrogens is 390 g/mol. The number of rotatable bonds is 6. The van der Waals surface area contributed by atoms with Crippen LogP contribution in [0.3, 0.4) is 0 Å². The number of carbonyl (C=O) groups is 1. The number of aromatic carboxylic acids is 1. The smallest absolute Gasteiger partial charge is 0.337 e. The molecule has 2 aromatic carbocycles. The van der Waals surface area contributed by atoms with E-state index in [-0.39, 0.29) is 5.56 Å². The Morgan fingerprint density at radius 1 is 1.07 bits per heavy atom. The maximum atomic E-state index is 11.8. The van der Waals surface area contributed by atoms with E-state index in [1.165, 1.54) is 38.0 Å². The summed E-state index contributed by atoms with van der Waals surface area (Å²) in [5.41, 5.74) is 2.40. The minimum absolute atomic E-state index is 0.0471. The molecule has 8 heteroatoms. The zero-order valence-electron chi connectivity index (χ0n) is 15.7. The molecule has 0 aliphatic heterocycles. The molecule has 4 aromatic rings. The maximum absolute atomic E-state index is 11.8. The molecule has 0 radical (unpaired) electrons. The number of methoxy groups -OCH3 is 2. The van der Waals surface area contributed by atoms with Crippen LogP contribution >= 0.6 is 11.3 Å². The van der Waals surface area contributed by atoms with E-state index in [4.69, 9.17) is 9.47 Å². The van der Waals surface area contributed by atoms with Crippen molar-refractivity contribution in [3.63, 3.8) is 0 Å². The summed E-state index contributed by atoms with van der Waals surface area (Å²) in [5, 5.41) is 15.7. The molecule has 0 unspecified atom stereocenters. The Balaban J connectivity index is 1.87. The maximum Gasteiger partial charge on any atom is 0.337 e. The van der Waals surface area contributed by atoms with Gasteiger partial charge in [0.05, 0.1) is 30.9 Å². The molecule has 0 saturated heterocycles. The number of carboxylic acid groups (broad SMARTS) is 1. The van der Waals surface area contributed by atoms with Gasteiger partial charge in [-0.15, -0.1) is 11.3 Å². The highest BCUT2D eigenvalue weighted by Crippen LogP contribution is 2.39. The van der Waals surface area contributed by atoms with Gasteiger partial charge in [0, 0.05) is 23.1 Å². The van der Waals surface area contributed by atoms with Crippen LogP contribution in [0.5, 0.6) is 11.5 Å². The van der Waals surface area contributed by atoms with Crippen molar-refractivity contribution in [2.24, 2.45) is 0 Å². The first-order valence-electron chi connectivity index (χ1n) is 8.66. The third kappa shape index (κ3) is 3.45. The molecule has 0 aliphatic rings. The number of ether oxygens (including phenoxy) is 2. The molecule has 0 atom stereocenters. The predicted octanol–water partition coefficient (Wildman–Crippen LogP) is 4.82. The Morgan fingerprint density at radius 2 is 1.79 bits per heavy atom. The Morgan fingerprint density at radius 3 is 2.48 bits per heavy atom. The summed E-state index contributed by atoms with van der Waals surface area (Å²) in [6, 6.07) is 12.9. The molecule has 146 valence electrons. The third-order valence-corrected chi connectivity index (χ3v) is 5.35. The molecule has 4 rings (SSSR count). The van der Waals surface area contributed by atoms with Gasteiger partial charge in [0.2, 0.25) is 0 Å². The number of benzene rings is 2. The van der Waals surface area contributed by atoms with Crippen molar-refractivity contribution >= 4 is 39.0 Å². The van der Waals surface area contributed by atoms with Crippen molar-refractivity contribution in [1.29, 1.82) is 0 Å². The molecule has 0 aliphatic carbocycles. The van der Waals surface area contributed by atoms with E-state index in [0.717, 1.165) is 21.3 Å². The van der Waals surface area contributed by atoms with E-state index in [2.05, 4.69) is 15.3 Å². The fourth-order valence-electron chi connectivity index (χ4n) is 3.09. The number of nitrogens with one attached hydrogen (secondary N) is 1. The summed E-state index contributed by atoms with van der Waals surface area (Å²) in [6.07, 6.45) is 1.46. The lowest BCUT2D eigenvalue weighted by molar-refractivity contribution is 0.0697. The van der Waals surface area contributed by atoms with Gasteiger partial charge < -0.3 is 19.9 Å². The van der Waals surface area contributed by atoms with E-state index in [1.54, 1.807) is 6.07 Å². The van der Waals surface area contributed by atoms with Gasteiger partial charge in [0.1, 0.15) is 17.0 Å². The normalized spacial score (nSPS) is 10.7. The standard InChI is InChI=1S/C21H17N3O4S/c1-27-16-8-13(21(25)26)15(9-17(16)28-2)24-19-18-14(12-6-4-3-5-7-12)10-29-20(18)23-11-22-19/h3-11H,1-2H3,(H,25,26)(H,22,23,24). The van der Waals surface area contributed by atoms with E-state index < -0.39 is 5.97 Å². The Bertz CT molecular complexity index is 1190. The van der Waals surface area contributed by atoms with Crippen molar-refractivity contribution in [3.8, 4) is 22.6 Å². The first-order chi connectivity index (χ1) is 14.1. The summed E-state index contributed by atoms with van der Waals surface area (Å²) in [6.45, 7) is 0. The molecule has 2 heterocycles. The van der Waals surface area contributed by atoms with Gasteiger partial charge in [0.15, 0.2) is 11.5 Å². The number of hydrogen-bond donors (Lipinski definition) is 2. The Hall–Kier alpha value is -3.65. The summed E-state index contributed by atoms with van der Waals surface area (Å²) in [5.74, 6) is 0.180. The quantitative estimate of drug-likeness (QED) is 0.473. The van der Waals surface area contributed by atoms with E-state index in [0.29, 0.717) is 23.0 Å². The van der Waals surface area contributed by atoms with Crippen LogP contribution in [0.2, 0.25) is 0 Å². The van der Waals surface area contributed by atoms with Crippen molar-refractivity contribution in [2.45, 2.75) is 0 Å². The first kappa shape index (κ1) is 18.7. The minimum atomic E-state index is -1.09. The molecule has 0 saturated carbocycles. The Kier molecular flexibility index (Phi) is 5.01. The van der Waals surface area contributed by atoms with E-state index in [1.807, 2.05) is 35.7 Å². The lowest BCUT2D eigenvalue weighted by atomic mass is 10.1. The average molecular weight is 407 g/mol. The largest absolute Gasteiger partial charge is 0.493 e. The molecular formula is C21H17N3O4S. The molecule has 7 nitrogen and oxygen atoms in total. The summed E-state index contributed by atoms with van der Waals surface area (Å²) >= 11 is 1.51.